The normalized spacial score (nSPS) is 21.9. The zero-order valence-electron chi connectivity index (χ0n) is 18.3. The number of carbonyl (C=O) groups excluding carboxylic acids is 1. The van der Waals surface area contributed by atoms with Crippen LogP contribution in [0.3, 0.4) is 0 Å². The van der Waals surface area contributed by atoms with Crippen molar-refractivity contribution in [2.45, 2.75) is 38.0 Å². The molecule has 1 fully saturated rings. The number of benzene rings is 2. The fraction of sp³-hybridized carbons (Fsp3) is 0.417. The van der Waals surface area contributed by atoms with E-state index in [0.29, 0.717) is 37.6 Å². The van der Waals surface area contributed by atoms with Crippen molar-refractivity contribution in [3.8, 4) is 17.2 Å². The second kappa shape index (κ2) is 7.73. The zero-order chi connectivity index (χ0) is 22.6. The van der Waals surface area contributed by atoms with Gasteiger partial charge in [0.15, 0.2) is 11.5 Å². The number of hydrogen-bond donors (Lipinski definition) is 0. The van der Waals surface area contributed by atoms with Gasteiger partial charge in [-0.05, 0) is 43.3 Å². The number of fused-ring (bicyclic) bond motifs is 5. The summed E-state index contributed by atoms with van der Waals surface area (Å²) in [5.74, 6) is 2.31. The number of likely N-dealkylation sites (tertiary alicyclic amines) is 1. The van der Waals surface area contributed by atoms with Crippen LogP contribution in [0.25, 0.3) is 0 Å². The molecule has 1 spiro atoms. The molecule has 0 saturated carbocycles. The zero-order valence-corrected chi connectivity index (χ0v) is 19.0. The van der Waals surface area contributed by atoms with Gasteiger partial charge < -0.3 is 23.8 Å². The third-order valence-electron chi connectivity index (χ3n) is 6.74. The SMILES string of the molecule is CCOC(=O)N1CCC2(CC1)Oc1ccc(Cl)cc1[C@H]1CC(c3ccc4c(c3)OCO4)=NN12. The Kier molecular flexibility index (Phi) is 4.79. The van der Waals surface area contributed by atoms with Crippen molar-refractivity contribution in [1.29, 1.82) is 0 Å². The molecule has 1 atom stereocenters. The fourth-order valence-electron chi connectivity index (χ4n) is 5.09. The van der Waals surface area contributed by atoms with Crippen LogP contribution < -0.4 is 14.2 Å². The summed E-state index contributed by atoms with van der Waals surface area (Å²) in [4.78, 5) is 14.0. The summed E-state index contributed by atoms with van der Waals surface area (Å²) in [6.45, 7) is 3.50. The average molecular weight is 470 g/mol. The van der Waals surface area contributed by atoms with Crippen molar-refractivity contribution < 1.29 is 23.7 Å². The molecule has 1 amide bonds. The van der Waals surface area contributed by atoms with Crippen molar-refractivity contribution in [2.75, 3.05) is 26.5 Å². The van der Waals surface area contributed by atoms with Crippen LogP contribution in [0.4, 0.5) is 4.79 Å². The number of amides is 1. The molecule has 0 aliphatic carbocycles. The van der Waals surface area contributed by atoms with E-state index in [-0.39, 0.29) is 18.9 Å². The van der Waals surface area contributed by atoms with E-state index in [0.717, 1.165) is 40.5 Å². The van der Waals surface area contributed by atoms with Gasteiger partial charge in [0, 0.05) is 48.5 Å². The summed E-state index contributed by atoms with van der Waals surface area (Å²) in [5, 5.41) is 7.83. The van der Waals surface area contributed by atoms with Crippen LogP contribution >= 0.6 is 11.6 Å². The van der Waals surface area contributed by atoms with Crippen molar-refractivity contribution in [1.82, 2.24) is 9.91 Å². The van der Waals surface area contributed by atoms with Gasteiger partial charge in [0.25, 0.3) is 0 Å². The van der Waals surface area contributed by atoms with Gasteiger partial charge in [-0.1, -0.05) is 11.6 Å². The average Bonchev–Trinajstić information content (AvgIpc) is 3.48. The van der Waals surface area contributed by atoms with E-state index < -0.39 is 5.72 Å². The number of piperidine rings is 1. The lowest BCUT2D eigenvalue weighted by Gasteiger charge is -2.51. The topological polar surface area (TPSA) is 72.8 Å². The molecule has 33 heavy (non-hydrogen) atoms. The maximum atomic E-state index is 12.2. The highest BCUT2D eigenvalue weighted by Crippen LogP contribution is 2.50. The summed E-state index contributed by atoms with van der Waals surface area (Å²) in [6, 6.07) is 11.7. The number of carbonyl (C=O) groups is 1. The van der Waals surface area contributed by atoms with Crippen LogP contribution in [-0.2, 0) is 4.74 Å². The van der Waals surface area contributed by atoms with Gasteiger partial charge in [0.2, 0.25) is 12.5 Å². The van der Waals surface area contributed by atoms with E-state index in [9.17, 15) is 4.79 Å². The van der Waals surface area contributed by atoms with E-state index in [2.05, 4.69) is 5.01 Å². The Labute approximate surface area is 196 Å². The van der Waals surface area contributed by atoms with Crippen LogP contribution in [-0.4, -0.2) is 53.9 Å². The lowest BCUT2D eigenvalue weighted by atomic mass is 9.90. The van der Waals surface area contributed by atoms with Crippen molar-refractivity contribution >= 4 is 23.4 Å². The third-order valence-corrected chi connectivity index (χ3v) is 6.97. The van der Waals surface area contributed by atoms with E-state index in [1.54, 1.807) is 4.90 Å². The molecule has 1 saturated heterocycles. The van der Waals surface area contributed by atoms with Gasteiger partial charge in [-0.2, -0.15) is 5.10 Å². The number of nitrogens with zero attached hydrogens (tertiary/aromatic N) is 3. The van der Waals surface area contributed by atoms with Crippen LogP contribution in [0.5, 0.6) is 17.2 Å². The predicted molar refractivity (Wildman–Crippen MR) is 121 cm³/mol. The summed E-state index contributed by atoms with van der Waals surface area (Å²) < 4.78 is 22.8. The molecule has 172 valence electrons. The van der Waals surface area contributed by atoms with Gasteiger partial charge in [-0.3, -0.25) is 0 Å². The first kappa shape index (κ1) is 20.5. The first-order valence-corrected chi connectivity index (χ1v) is 11.6. The quantitative estimate of drug-likeness (QED) is 0.642. The molecule has 6 rings (SSSR count). The second-order valence-electron chi connectivity index (χ2n) is 8.60. The minimum Gasteiger partial charge on any atom is -0.466 e. The summed E-state index contributed by atoms with van der Waals surface area (Å²) >= 11 is 6.35. The third kappa shape index (κ3) is 3.35. The standard InChI is InChI=1S/C24H24ClN3O5/c1-2-30-23(29)27-9-7-24(8-10-27)28-19(17-12-16(25)4-6-20(17)33-24)13-18(26-28)15-3-5-21-22(11-15)32-14-31-21/h3-6,11-12,19H,2,7-10,13-14H2,1H3/t19-/m1/s1. The maximum absolute atomic E-state index is 12.2. The molecular weight excluding hydrogens is 446 g/mol. The molecule has 8 nitrogen and oxygen atoms in total. The molecule has 0 bridgehead atoms. The number of hydrogen-bond acceptors (Lipinski definition) is 7. The smallest absolute Gasteiger partial charge is 0.409 e. The molecule has 2 aromatic carbocycles. The Bertz CT molecular complexity index is 1140. The van der Waals surface area contributed by atoms with E-state index in [1.807, 2.05) is 43.3 Å². The van der Waals surface area contributed by atoms with Crippen molar-refractivity contribution in [3.63, 3.8) is 0 Å². The first-order valence-electron chi connectivity index (χ1n) is 11.2. The molecule has 9 heteroatoms. The number of halogens is 1. The minimum atomic E-state index is -0.632. The summed E-state index contributed by atoms with van der Waals surface area (Å²) in [5.41, 5.74) is 2.35. The van der Waals surface area contributed by atoms with Gasteiger partial charge in [0.1, 0.15) is 5.75 Å². The fourth-order valence-corrected chi connectivity index (χ4v) is 5.27. The molecule has 4 heterocycles. The predicted octanol–water partition coefficient (Wildman–Crippen LogP) is 4.56. The molecule has 0 N–H and O–H groups in total. The highest BCUT2D eigenvalue weighted by Gasteiger charge is 2.52. The first-order chi connectivity index (χ1) is 16.1. The number of hydrazone groups is 1. The lowest BCUT2D eigenvalue weighted by Crippen LogP contribution is -2.59. The van der Waals surface area contributed by atoms with Crippen LogP contribution in [0.15, 0.2) is 41.5 Å². The molecule has 4 aliphatic rings. The Morgan fingerprint density at radius 2 is 1.94 bits per heavy atom. The van der Waals surface area contributed by atoms with E-state index >= 15 is 0 Å². The Hall–Kier alpha value is -3.13. The van der Waals surface area contributed by atoms with Crippen molar-refractivity contribution in [2.24, 2.45) is 5.10 Å². The molecule has 2 aromatic rings. The van der Waals surface area contributed by atoms with Crippen LogP contribution in [0.2, 0.25) is 5.02 Å². The highest BCUT2D eigenvalue weighted by molar-refractivity contribution is 6.30. The molecule has 4 aliphatic heterocycles. The molecule has 0 unspecified atom stereocenters. The molecule has 0 radical (unpaired) electrons. The number of rotatable bonds is 2. The van der Waals surface area contributed by atoms with Gasteiger partial charge >= 0.3 is 6.09 Å². The Morgan fingerprint density at radius 3 is 2.76 bits per heavy atom. The van der Waals surface area contributed by atoms with Gasteiger partial charge in [-0.15, -0.1) is 0 Å². The summed E-state index contributed by atoms with van der Waals surface area (Å²) in [7, 11) is 0. The Morgan fingerprint density at radius 1 is 1.15 bits per heavy atom. The molecular formula is C24H24ClN3O5. The van der Waals surface area contributed by atoms with Crippen LogP contribution in [0.1, 0.15) is 43.4 Å². The maximum Gasteiger partial charge on any atom is 0.409 e. The van der Waals surface area contributed by atoms with E-state index in [4.69, 9.17) is 35.6 Å². The Balaban J connectivity index is 1.35. The van der Waals surface area contributed by atoms with Crippen LogP contribution in [0, 0.1) is 0 Å². The second-order valence-corrected chi connectivity index (χ2v) is 9.03. The van der Waals surface area contributed by atoms with E-state index in [1.165, 1.54) is 0 Å². The lowest BCUT2D eigenvalue weighted by molar-refractivity contribution is -0.147. The monoisotopic (exact) mass is 469 g/mol. The minimum absolute atomic E-state index is 0.00187. The molecule has 0 aromatic heterocycles. The number of ether oxygens (including phenoxy) is 4. The van der Waals surface area contributed by atoms with Gasteiger partial charge in [0.05, 0.1) is 18.4 Å². The van der Waals surface area contributed by atoms with Crippen molar-refractivity contribution in [3.05, 3.63) is 52.5 Å². The summed E-state index contributed by atoms with van der Waals surface area (Å²) in [6.07, 6.45) is 1.70. The largest absolute Gasteiger partial charge is 0.466 e. The highest BCUT2D eigenvalue weighted by atomic mass is 35.5. The van der Waals surface area contributed by atoms with Gasteiger partial charge in [-0.25, -0.2) is 9.80 Å².